The molecule has 0 nitrogen and oxygen atoms in total. The van der Waals surface area contributed by atoms with Crippen molar-refractivity contribution in [2.24, 2.45) is 0 Å². The number of fused-ring (bicyclic) bond motifs is 2. The van der Waals surface area contributed by atoms with Crippen LogP contribution in [0.5, 0.6) is 0 Å². The Balaban J connectivity index is 1.68. The van der Waals surface area contributed by atoms with Crippen molar-refractivity contribution in [1.82, 2.24) is 0 Å². The van der Waals surface area contributed by atoms with E-state index >= 15 is 0 Å². The first-order valence-electron chi connectivity index (χ1n) is 10.1. The number of aryl methyl sites for hydroxylation is 2. The van der Waals surface area contributed by atoms with E-state index in [1.165, 1.54) is 40.8 Å². The molecule has 2 aliphatic carbocycles. The maximum absolute atomic E-state index is 2.51. The second-order valence-corrected chi connectivity index (χ2v) is 13.5. The average Bonchev–Trinajstić information content (AvgIpc) is 3.08. The molecule has 0 amide bonds. The third kappa shape index (κ3) is 2.01. The van der Waals surface area contributed by atoms with Crippen molar-refractivity contribution in [3.8, 4) is 0 Å². The van der Waals surface area contributed by atoms with E-state index in [1.54, 1.807) is 22.3 Å². The van der Waals surface area contributed by atoms with Crippen molar-refractivity contribution in [2.75, 3.05) is 0 Å². The second-order valence-electron chi connectivity index (χ2n) is 8.89. The lowest BCUT2D eigenvalue weighted by Gasteiger charge is -2.51. The summed E-state index contributed by atoms with van der Waals surface area (Å²) in [5, 5.41) is 0. The maximum atomic E-state index is 2.51. The third-order valence-corrected chi connectivity index (χ3v) is 13.8. The van der Waals surface area contributed by atoms with Gasteiger partial charge in [-0.15, -0.1) is 0 Å². The highest BCUT2D eigenvalue weighted by molar-refractivity contribution is 6.86. The lowest BCUT2D eigenvalue weighted by Crippen LogP contribution is -2.53. The molecule has 1 aliphatic heterocycles. The van der Waals surface area contributed by atoms with Crippen molar-refractivity contribution in [3.63, 3.8) is 0 Å². The van der Waals surface area contributed by atoms with E-state index in [1.807, 2.05) is 0 Å². The molecule has 1 heteroatoms. The maximum Gasteiger partial charge on any atom is 0.0781 e. The second kappa shape index (κ2) is 5.57. The van der Waals surface area contributed by atoms with Crippen molar-refractivity contribution in [2.45, 2.75) is 57.3 Å². The molecule has 2 unspecified atom stereocenters. The van der Waals surface area contributed by atoms with E-state index in [-0.39, 0.29) is 0 Å². The summed E-state index contributed by atoms with van der Waals surface area (Å²) in [6.07, 6.45) is 6.45. The minimum Gasteiger partial charge on any atom is -0.0679 e. The Kier molecular flexibility index (Phi) is 3.49. The van der Waals surface area contributed by atoms with Crippen LogP contribution in [-0.4, -0.2) is 8.07 Å². The van der Waals surface area contributed by atoms with Gasteiger partial charge in [0.05, 0.1) is 8.07 Å². The lowest BCUT2D eigenvalue weighted by atomic mass is 10.0. The van der Waals surface area contributed by atoms with Crippen LogP contribution in [0.15, 0.2) is 47.5 Å². The molecule has 0 saturated carbocycles. The molecule has 0 spiro atoms. The summed E-state index contributed by atoms with van der Waals surface area (Å²) >= 11 is 0. The van der Waals surface area contributed by atoms with Crippen molar-refractivity contribution in [3.05, 3.63) is 80.9 Å². The SMILES string of the molecule is CC1=Cc2c(C)cccc2C1[Si]1(C2C(C)=Cc3c(C)cccc32)CCC1. The van der Waals surface area contributed by atoms with Gasteiger partial charge in [-0.25, -0.2) is 0 Å². The summed E-state index contributed by atoms with van der Waals surface area (Å²) < 4.78 is 0. The van der Waals surface area contributed by atoms with Crippen molar-refractivity contribution >= 4 is 20.2 Å². The quantitative estimate of drug-likeness (QED) is 0.511. The zero-order valence-electron chi connectivity index (χ0n) is 16.4. The van der Waals surface area contributed by atoms with Gasteiger partial charge in [0, 0.05) is 11.1 Å². The molecular formula is C25H28Si. The standard InChI is InChI=1S/C25H28Si/c1-16-8-5-10-20-22(16)14-18(3)24(20)26(12-7-13-26)25-19(4)15-23-17(2)9-6-11-21(23)25/h5-6,8-11,14-15,24-25H,7,12-13H2,1-4H3. The van der Waals surface area contributed by atoms with Gasteiger partial charge in [0.15, 0.2) is 0 Å². The molecule has 3 aliphatic rings. The van der Waals surface area contributed by atoms with E-state index in [9.17, 15) is 0 Å². The monoisotopic (exact) mass is 356 g/mol. The van der Waals surface area contributed by atoms with Gasteiger partial charge in [0.2, 0.25) is 0 Å². The summed E-state index contributed by atoms with van der Waals surface area (Å²) in [4.78, 5) is 0. The molecule has 0 bridgehead atoms. The number of allylic oxidation sites excluding steroid dienone is 2. The number of rotatable bonds is 2. The Morgan fingerprint density at radius 3 is 1.54 bits per heavy atom. The van der Waals surface area contributed by atoms with Crippen molar-refractivity contribution < 1.29 is 0 Å². The van der Waals surface area contributed by atoms with Gasteiger partial charge in [0.25, 0.3) is 0 Å². The van der Waals surface area contributed by atoms with Crippen LogP contribution in [0.2, 0.25) is 12.1 Å². The topological polar surface area (TPSA) is 0 Å². The highest BCUT2D eigenvalue weighted by Gasteiger charge is 2.56. The van der Waals surface area contributed by atoms with Crippen LogP contribution in [0, 0.1) is 13.8 Å². The van der Waals surface area contributed by atoms with Gasteiger partial charge in [0.1, 0.15) is 0 Å². The van der Waals surface area contributed by atoms with E-state index in [0.29, 0.717) is 11.1 Å². The van der Waals surface area contributed by atoms with Gasteiger partial charge in [-0.2, -0.15) is 0 Å². The molecular weight excluding hydrogens is 328 g/mol. The van der Waals surface area contributed by atoms with Gasteiger partial charge in [-0.05, 0) is 61.1 Å². The first-order chi connectivity index (χ1) is 12.5. The molecule has 1 saturated heterocycles. The molecule has 0 N–H and O–H groups in total. The Morgan fingerprint density at radius 2 is 1.15 bits per heavy atom. The summed E-state index contributed by atoms with van der Waals surface area (Å²) in [6, 6.07) is 16.9. The zero-order chi connectivity index (χ0) is 18.1. The first-order valence-corrected chi connectivity index (χ1v) is 12.7. The predicted octanol–water partition coefficient (Wildman–Crippen LogP) is 6.94. The highest BCUT2D eigenvalue weighted by Crippen LogP contribution is 2.60. The van der Waals surface area contributed by atoms with Gasteiger partial charge in [-0.3, -0.25) is 0 Å². The number of benzene rings is 2. The van der Waals surface area contributed by atoms with Crippen LogP contribution >= 0.6 is 0 Å². The van der Waals surface area contributed by atoms with Gasteiger partial charge in [-0.1, -0.05) is 78.2 Å². The van der Waals surface area contributed by atoms with Crippen molar-refractivity contribution in [1.29, 1.82) is 0 Å². The van der Waals surface area contributed by atoms with E-state index in [0.717, 1.165) is 0 Å². The summed E-state index contributed by atoms with van der Waals surface area (Å²) in [6.45, 7) is 9.36. The predicted molar refractivity (Wildman–Crippen MR) is 115 cm³/mol. The smallest absolute Gasteiger partial charge is 0.0679 e. The summed E-state index contributed by atoms with van der Waals surface area (Å²) in [5.41, 5.74) is 13.9. The van der Waals surface area contributed by atoms with E-state index in [4.69, 9.17) is 0 Å². The minimum absolute atomic E-state index is 0.714. The fourth-order valence-electron chi connectivity index (χ4n) is 6.27. The number of hydrogen-bond acceptors (Lipinski definition) is 0. The molecule has 2 aromatic rings. The molecule has 0 aromatic heterocycles. The Bertz CT molecular complexity index is 896. The molecule has 26 heavy (non-hydrogen) atoms. The van der Waals surface area contributed by atoms with E-state index < -0.39 is 8.07 Å². The van der Waals surface area contributed by atoms with Crippen LogP contribution in [0.1, 0.15) is 64.7 Å². The largest absolute Gasteiger partial charge is 0.0781 e. The number of hydrogen-bond donors (Lipinski definition) is 0. The fourth-order valence-corrected chi connectivity index (χ4v) is 12.7. The van der Waals surface area contributed by atoms with E-state index in [2.05, 4.69) is 76.2 Å². The molecule has 5 rings (SSSR count). The Hall–Kier alpha value is -1.86. The van der Waals surface area contributed by atoms with Crippen LogP contribution in [0.25, 0.3) is 12.2 Å². The van der Waals surface area contributed by atoms with Crippen LogP contribution in [0.3, 0.4) is 0 Å². The lowest BCUT2D eigenvalue weighted by molar-refractivity contribution is 0.781. The highest BCUT2D eigenvalue weighted by atomic mass is 28.3. The fraction of sp³-hybridized carbons (Fsp3) is 0.360. The summed E-state index contributed by atoms with van der Waals surface area (Å²) in [7, 11) is -1.49. The molecule has 2 aromatic carbocycles. The van der Waals surface area contributed by atoms with Crippen LogP contribution < -0.4 is 0 Å². The summed E-state index contributed by atoms with van der Waals surface area (Å²) in [5.74, 6) is 0. The molecule has 0 radical (unpaired) electrons. The third-order valence-electron chi connectivity index (χ3n) is 7.43. The molecule has 1 fully saturated rings. The normalized spacial score (nSPS) is 25.2. The van der Waals surface area contributed by atoms with Gasteiger partial charge < -0.3 is 0 Å². The zero-order valence-corrected chi connectivity index (χ0v) is 17.4. The molecule has 2 atom stereocenters. The first kappa shape index (κ1) is 16.3. The molecule has 1 heterocycles. The minimum atomic E-state index is -1.49. The average molecular weight is 357 g/mol. The molecule has 132 valence electrons. The van der Waals surface area contributed by atoms with Crippen LogP contribution in [0.4, 0.5) is 0 Å². The van der Waals surface area contributed by atoms with Crippen LogP contribution in [-0.2, 0) is 0 Å². The Labute approximate surface area is 158 Å². The van der Waals surface area contributed by atoms with Gasteiger partial charge >= 0.3 is 0 Å². The Morgan fingerprint density at radius 1 is 0.692 bits per heavy atom.